The summed E-state index contributed by atoms with van der Waals surface area (Å²) in [4.78, 5) is 37.1. The van der Waals surface area contributed by atoms with E-state index in [1.165, 1.54) is 0 Å². The van der Waals surface area contributed by atoms with Crippen LogP contribution in [0, 0.1) is 0 Å². The summed E-state index contributed by atoms with van der Waals surface area (Å²) in [7, 11) is 1.15. The van der Waals surface area contributed by atoms with E-state index >= 15 is 0 Å². The number of hydrogen-bond acceptors (Lipinski definition) is 6. The van der Waals surface area contributed by atoms with Crippen molar-refractivity contribution in [1.29, 1.82) is 0 Å². The van der Waals surface area contributed by atoms with Crippen LogP contribution in [0.1, 0.15) is 36.9 Å². The maximum atomic E-state index is 12.9. The molecule has 0 aromatic heterocycles. The van der Waals surface area contributed by atoms with Crippen LogP contribution in [0.25, 0.3) is 0 Å². The summed E-state index contributed by atoms with van der Waals surface area (Å²) >= 11 is 0.543. The van der Waals surface area contributed by atoms with Gasteiger partial charge < -0.3 is 20.1 Å². The Hall–Kier alpha value is -2.22. The minimum absolute atomic E-state index is 0.202. The number of carbonyl (C=O) groups excluding carboxylic acids is 3. The molecule has 0 saturated heterocycles. The van der Waals surface area contributed by atoms with Gasteiger partial charge in [0.25, 0.3) is 0 Å². The zero-order chi connectivity index (χ0) is 23.7. The monoisotopic (exact) mass is 413 g/mol. The number of alkyl carbamates (subject to hydrolysis) is 1. The quantitative estimate of drug-likeness (QED) is 0.604. The van der Waals surface area contributed by atoms with Gasteiger partial charge >= 0.3 is 12.1 Å². The Bertz CT molecular complexity index is 739. The molecule has 8 heteroatoms. The number of hydrogen-bond donors (Lipinski definition) is 2. The van der Waals surface area contributed by atoms with E-state index in [-0.39, 0.29) is 12.2 Å². The second-order valence-corrected chi connectivity index (χ2v) is 7.74. The fourth-order valence-corrected chi connectivity index (χ4v) is 2.73. The van der Waals surface area contributed by atoms with Gasteiger partial charge in [0.1, 0.15) is 17.7 Å². The summed E-state index contributed by atoms with van der Waals surface area (Å²) in [5.74, 6) is -1.61. The zero-order valence-corrected chi connectivity index (χ0v) is 17.4. The van der Waals surface area contributed by atoms with Gasteiger partial charge in [0.2, 0.25) is 5.91 Å². The number of esters is 1. The van der Waals surface area contributed by atoms with Gasteiger partial charge in [0.05, 0.1) is 7.11 Å². The van der Waals surface area contributed by atoms with Crippen molar-refractivity contribution in [3.05, 3.63) is 35.9 Å². The molecule has 28 heavy (non-hydrogen) atoms. The van der Waals surface area contributed by atoms with Crippen LogP contribution in [0.15, 0.2) is 30.3 Å². The van der Waals surface area contributed by atoms with Crippen LogP contribution in [-0.4, -0.2) is 54.7 Å². The molecule has 0 aliphatic heterocycles. The molecule has 0 bridgehead atoms. The Labute approximate surface area is 175 Å². The molecule has 2 atom stereocenters. The standard InChI is InChI=1S/C20H30N2O5S/c1-20(2,3)27-19(25)22-15(12-11-14-9-7-6-8-10-14)17(23)21-16(13-28-5)18(24)26-4/h6-10,15-16H,11-13H2,1-5H3,(H,21,23)(H,22,25)/t15-,16-/m0/s1/i5D3. The SMILES string of the molecule is [2H]C([2H])([2H])SC[C@H](NC(=O)[C@H](CCc1ccccc1)NC(=O)OC(C)(C)C)C(=O)OC. The fourth-order valence-electron chi connectivity index (χ4n) is 2.34. The molecule has 1 aromatic carbocycles. The lowest BCUT2D eigenvalue weighted by Crippen LogP contribution is -2.53. The van der Waals surface area contributed by atoms with E-state index in [1.54, 1.807) is 20.8 Å². The highest BCUT2D eigenvalue weighted by Gasteiger charge is 2.28. The number of nitrogens with one attached hydrogen (secondary N) is 2. The Kier molecular flexibility index (Phi) is 7.91. The van der Waals surface area contributed by atoms with Crippen molar-refractivity contribution >= 4 is 29.7 Å². The molecule has 0 saturated carbocycles. The lowest BCUT2D eigenvalue weighted by molar-refractivity contribution is -0.144. The Morgan fingerprint density at radius 3 is 2.39 bits per heavy atom. The lowest BCUT2D eigenvalue weighted by Gasteiger charge is -2.24. The third-order valence-corrected chi connectivity index (χ3v) is 4.12. The van der Waals surface area contributed by atoms with E-state index in [1.807, 2.05) is 30.3 Å². The van der Waals surface area contributed by atoms with Crippen LogP contribution in [0.2, 0.25) is 0 Å². The van der Waals surface area contributed by atoms with E-state index < -0.39 is 41.8 Å². The molecule has 7 nitrogen and oxygen atoms in total. The summed E-state index contributed by atoms with van der Waals surface area (Å²) in [6, 6.07) is 7.22. The minimum atomic E-state index is -2.33. The molecule has 2 N–H and O–H groups in total. The van der Waals surface area contributed by atoms with Crippen molar-refractivity contribution in [2.24, 2.45) is 0 Å². The summed E-state index contributed by atoms with van der Waals surface area (Å²) in [6.07, 6.45) is -2.37. The first-order chi connectivity index (χ1) is 14.3. The third-order valence-electron chi connectivity index (χ3n) is 3.62. The van der Waals surface area contributed by atoms with Gasteiger partial charge in [0, 0.05) is 9.87 Å². The first-order valence-electron chi connectivity index (χ1n) is 10.4. The van der Waals surface area contributed by atoms with Crippen molar-refractivity contribution in [1.82, 2.24) is 10.6 Å². The van der Waals surface area contributed by atoms with E-state index in [2.05, 4.69) is 15.4 Å². The maximum absolute atomic E-state index is 12.9. The predicted molar refractivity (Wildman–Crippen MR) is 110 cm³/mol. The molecule has 0 radical (unpaired) electrons. The fraction of sp³-hybridized carbons (Fsp3) is 0.550. The molecule has 0 aliphatic rings. The van der Waals surface area contributed by atoms with Gasteiger partial charge in [-0.15, -0.1) is 0 Å². The number of ether oxygens (including phenoxy) is 2. The van der Waals surface area contributed by atoms with Crippen molar-refractivity contribution in [3.63, 3.8) is 0 Å². The van der Waals surface area contributed by atoms with Crippen molar-refractivity contribution in [2.75, 3.05) is 19.0 Å². The third kappa shape index (κ3) is 9.12. The summed E-state index contributed by atoms with van der Waals surface area (Å²) in [5, 5.41) is 5.03. The zero-order valence-electron chi connectivity index (χ0n) is 19.6. The van der Waals surface area contributed by atoms with Crippen LogP contribution in [-0.2, 0) is 25.5 Å². The number of carbonyl (C=O) groups is 3. The van der Waals surface area contributed by atoms with Crippen molar-refractivity contribution < 1.29 is 28.0 Å². The largest absolute Gasteiger partial charge is 0.467 e. The highest BCUT2D eigenvalue weighted by molar-refractivity contribution is 7.98. The summed E-state index contributed by atoms with van der Waals surface area (Å²) in [6.45, 7) is 5.10. The smallest absolute Gasteiger partial charge is 0.408 e. The molecule has 0 fully saturated rings. The van der Waals surface area contributed by atoms with Gasteiger partial charge in [-0.1, -0.05) is 30.3 Å². The Balaban J connectivity index is 2.92. The topological polar surface area (TPSA) is 93.7 Å². The molecular weight excluding hydrogens is 380 g/mol. The van der Waals surface area contributed by atoms with Crippen LogP contribution in [0.5, 0.6) is 0 Å². The molecule has 1 aromatic rings. The Morgan fingerprint density at radius 2 is 1.82 bits per heavy atom. The summed E-state index contributed by atoms with van der Waals surface area (Å²) < 4.78 is 31.8. The molecule has 0 aliphatic carbocycles. The number of benzene rings is 1. The number of methoxy groups -OCH3 is 1. The van der Waals surface area contributed by atoms with Crippen LogP contribution in [0.4, 0.5) is 4.79 Å². The van der Waals surface area contributed by atoms with Crippen LogP contribution in [0.3, 0.4) is 0 Å². The maximum Gasteiger partial charge on any atom is 0.408 e. The number of amides is 2. The highest BCUT2D eigenvalue weighted by atomic mass is 32.2. The molecular formula is C20H30N2O5S. The lowest BCUT2D eigenvalue weighted by atomic mass is 10.0. The molecule has 0 heterocycles. The molecule has 156 valence electrons. The average molecular weight is 414 g/mol. The van der Waals surface area contributed by atoms with E-state index in [0.29, 0.717) is 18.2 Å². The van der Waals surface area contributed by atoms with Gasteiger partial charge in [-0.05, 0) is 45.4 Å². The van der Waals surface area contributed by atoms with E-state index in [4.69, 9.17) is 8.85 Å². The second kappa shape index (κ2) is 11.6. The van der Waals surface area contributed by atoms with Crippen molar-refractivity contribution in [3.8, 4) is 0 Å². The van der Waals surface area contributed by atoms with Gasteiger partial charge in [-0.3, -0.25) is 4.79 Å². The van der Waals surface area contributed by atoms with Crippen LogP contribution >= 0.6 is 11.8 Å². The molecule has 0 spiro atoms. The molecule has 1 rings (SSSR count). The molecule has 2 amide bonds. The summed E-state index contributed by atoms with van der Waals surface area (Å²) in [5.41, 5.74) is 0.212. The van der Waals surface area contributed by atoms with Crippen LogP contribution < -0.4 is 10.6 Å². The van der Waals surface area contributed by atoms with Gasteiger partial charge in [-0.25, -0.2) is 9.59 Å². The highest BCUT2D eigenvalue weighted by Crippen LogP contribution is 2.10. The number of thioether (sulfide) groups is 1. The first-order valence-corrected chi connectivity index (χ1v) is 9.85. The average Bonchev–Trinajstić information content (AvgIpc) is 2.66. The first kappa shape index (κ1) is 19.1. The number of aryl methyl sites for hydroxylation is 1. The van der Waals surface area contributed by atoms with E-state index in [0.717, 1.165) is 12.7 Å². The molecule has 0 unspecified atom stereocenters. The minimum Gasteiger partial charge on any atom is -0.467 e. The van der Waals surface area contributed by atoms with Crippen molar-refractivity contribution in [2.45, 2.75) is 51.3 Å². The number of rotatable bonds is 9. The van der Waals surface area contributed by atoms with Gasteiger partial charge in [-0.2, -0.15) is 11.8 Å². The van der Waals surface area contributed by atoms with Gasteiger partial charge in [0.15, 0.2) is 0 Å². The Morgan fingerprint density at radius 1 is 1.14 bits per heavy atom. The normalized spacial score (nSPS) is 15.2. The van der Waals surface area contributed by atoms with E-state index in [9.17, 15) is 14.4 Å². The second-order valence-electron chi connectivity index (χ2n) is 7.12. The predicted octanol–water partition coefficient (Wildman–Crippen LogP) is 2.53.